The zero-order valence-electron chi connectivity index (χ0n) is 13.0. The summed E-state index contributed by atoms with van der Waals surface area (Å²) in [5.41, 5.74) is 2.37. The molecule has 2 aromatic heterocycles. The van der Waals surface area contributed by atoms with Crippen molar-refractivity contribution in [3.63, 3.8) is 0 Å². The van der Waals surface area contributed by atoms with Crippen molar-refractivity contribution in [2.24, 2.45) is 0 Å². The number of aromatic nitrogens is 2. The molecule has 0 radical (unpaired) electrons. The molecule has 0 unspecified atom stereocenters. The van der Waals surface area contributed by atoms with Gasteiger partial charge in [0.2, 0.25) is 5.91 Å². The van der Waals surface area contributed by atoms with Crippen LogP contribution in [0.5, 0.6) is 0 Å². The number of nitrogens with one attached hydrogen (secondary N) is 1. The Hall–Kier alpha value is -1.79. The van der Waals surface area contributed by atoms with E-state index in [0.29, 0.717) is 13.0 Å². The van der Waals surface area contributed by atoms with Crippen molar-refractivity contribution < 1.29 is 9.36 Å². The van der Waals surface area contributed by atoms with Gasteiger partial charge in [-0.1, -0.05) is 0 Å². The van der Waals surface area contributed by atoms with E-state index in [2.05, 4.69) is 29.2 Å². The van der Waals surface area contributed by atoms with Crippen molar-refractivity contribution in [1.29, 1.82) is 0 Å². The van der Waals surface area contributed by atoms with Crippen molar-refractivity contribution in [2.45, 2.75) is 32.9 Å². The van der Waals surface area contributed by atoms with E-state index in [-0.39, 0.29) is 5.91 Å². The van der Waals surface area contributed by atoms with Gasteiger partial charge in [0, 0.05) is 36.5 Å². The molecule has 0 atom stereocenters. The number of amides is 1. The second-order valence-corrected chi connectivity index (χ2v) is 6.87. The lowest BCUT2D eigenvalue weighted by atomic mass is 10.2. The van der Waals surface area contributed by atoms with Crippen LogP contribution >= 0.6 is 11.3 Å². The number of nitrogens with zero attached hydrogens (tertiary/aromatic N) is 3. The largest absolute Gasteiger partial charge is 0.302 e. The molecule has 5 nitrogen and oxygen atoms in total. The number of hydrogen-bond donors (Lipinski definition) is 1. The Morgan fingerprint density at radius 2 is 2.23 bits per heavy atom. The monoisotopic (exact) mass is 317 g/mol. The summed E-state index contributed by atoms with van der Waals surface area (Å²) in [6.07, 6.45) is 5.43. The molecule has 0 spiro atoms. The minimum atomic E-state index is 0.0209. The average Bonchev–Trinajstić information content (AvgIpc) is 2.88. The molecule has 0 saturated carbocycles. The molecule has 3 heterocycles. The van der Waals surface area contributed by atoms with Crippen molar-refractivity contribution in [3.8, 4) is 0 Å². The number of carbonyl (C=O) groups excluding carboxylic acids is 1. The SMILES string of the molecule is Cc1cc[n+](CCC(=O)Nc2nc3c(s2)CN(C)CC3)cc1. The molecule has 1 amide bonds. The molecule has 0 fully saturated rings. The van der Waals surface area contributed by atoms with Crippen molar-refractivity contribution in [2.75, 3.05) is 18.9 Å². The third kappa shape index (κ3) is 3.69. The summed E-state index contributed by atoms with van der Waals surface area (Å²) in [7, 11) is 2.11. The van der Waals surface area contributed by atoms with Gasteiger partial charge in [0.05, 0.1) is 12.1 Å². The Bertz CT molecular complexity index is 665. The summed E-state index contributed by atoms with van der Waals surface area (Å²) in [4.78, 5) is 20.2. The predicted octanol–water partition coefficient (Wildman–Crippen LogP) is 1.76. The number of carbonyl (C=O) groups is 1. The number of anilines is 1. The molecule has 0 bridgehead atoms. The molecule has 1 aliphatic rings. The van der Waals surface area contributed by atoms with Crippen molar-refractivity contribution >= 4 is 22.4 Å². The van der Waals surface area contributed by atoms with Gasteiger partial charge in [0.15, 0.2) is 24.1 Å². The Labute approximate surface area is 134 Å². The van der Waals surface area contributed by atoms with Crippen LogP contribution in [0.3, 0.4) is 0 Å². The summed E-state index contributed by atoms with van der Waals surface area (Å²) in [5, 5.41) is 3.67. The van der Waals surface area contributed by atoms with Gasteiger partial charge in [-0.25, -0.2) is 9.55 Å². The zero-order valence-corrected chi connectivity index (χ0v) is 13.8. The van der Waals surface area contributed by atoms with Gasteiger partial charge < -0.3 is 10.2 Å². The van der Waals surface area contributed by atoms with Crippen LogP contribution < -0.4 is 9.88 Å². The number of rotatable bonds is 4. The quantitative estimate of drug-likeness (QED) is 0.874. The van der Waals surface area contributed by atoms with Crippen molar-refractivity contribution in [3.05, 3.63) is 40.7 Å². The highest BCUT2D eigenvalue weighted by Crippen LogP contribution is 2.27. The molecule has 1 N–H and O–H groups in total. The lowest BCUT2D eigenvalue weighted by molar-refractivity contribution is -0.695. The predicted molar refractivity (Wildman–Crippen MR) is 86.8 cm³/mol. The van der Waals surface area contributed by atoms with E-state index < -0.39 is 0 Å². The molecule has 0 saturated heterocycles. The fourth-order valence-electron chi connectivity index (χ4n) is 2.47. The first kappa shape index (κ1) is 15.1. The van der Waals surface area contributed by atoms with Crippen LogP contribution in [0.25, 0.3) is 0 Å². The summed E-state index contributed by atoms with van der Waals surface area (Å²) in [5.74, 6) is 0.0209. The van der Waals surface area contributed by atoms with Crippen LogP contribution in [0, 0.1) is 6.92 Å². The standard InChI is InChI=1S/C16H20N4OS/c1-12-3-8-20(9-4-12)10-6-15(21)18-16-17-13-5-7-19(2)11-14(13)22-16/h3-4,8-9H,5-7,10-11H2,1-2H3/p+1. The van der Waals surface area contributed by atoms with Crippen LogP contribution in [0.4, 0.5) is 5.13 Å². The molecular weight excluding hydrogens is 296 g/mol. The van der Waals surface area contributed by atoms with Gasteiger partial charge in [0.25, 0.3) is 0 Å². The maximum absolute atomic E-state index is 12.1. The van der Waals surface area contributed by atoms with E-state index in [9.17, 15) is 4.79 Å². The first-order valence-corrected chi connectivity index (χ1v) is 8.34. The Balaban J connectivity index is 1.54. The zero-order chi connectivity index (χ0) is 15.5. The normalized spacial score (nSPS) is 14.6. The van der Waals surface area contributed by atoms with E-state index in [0.717, 1.165) is 30.3 Å². The number of thiazole rings is 1. The van der Waals surface area contributed by atoms with Crippen LogP contribution in [-0.2, 0) is 24.3 Å². The molecule has 6 heteroatoms. The van der Waals surface area contributed by atoms with Gasteiger partial charge in [-0.05, 0) is 19.5 Å². The van der Waals surface area contributed by atoms with Gasteiger partial charge >= 0.3 is 0 Å². The molecule has 0 aliphatic carbocycles. The van der Waals surface area contributed by atoms with Crippen LogP contribution in [-0.4, -0.2) is 29.4 Å². The highest BCUT2D eigenvalue weighted by molar-refractivity contribution is 7.15. The minimum absolute atomic E-state index is 0.0209. The van der Waals surface area contributed by atoms with Gasteiger partial charge in [-0.3, -0.25) is 4.79 Å². The number of likely N-dealkylation sites (N-methyl/N-ethyl adjacent to an activating group) is 1. The molecule has 2 aromatic rings. The third-order valence-corrected chi connectivity index (χ3v) is 4.82. The van der Waals surface area contributed by atoms with Crippen LogP contribution in [0.15, 0.2) is 24.5 Å². The first-order chi connectivity index (χ1) is 10.6. The Morgan fingerprint density at radius 1 is 1.45 bits per heavy atom. The number of aryl methyl sites for hydroxylation is 2. The lowest BCUT2D eigenvalue weighted by Gasteiger charge is -2.20. The summed E-state index contributed by atoms with van der Waals surface area (Å²) in [6.45, 7) is 4.70. The molecule has 116 valence electrons. The Kier molecular flexibility index (Phi) is 4.49. The smallest absolute Gasteiger partial charge is 0.232 e. The lowest BCUT2D eigenvalue weighted by Crippen LogP contribution is -2.34. The van der Waals surface area contributed by atoms with Crippen LogP contribution in [0.2, 0.25) is 0 Å². The third-order valence-electron chi connectivity index (χ3n) is 3.82. The summed E-state index contributed by atoms with van der Waals surface area (Å²) >= 11 is 1.60. The Morgan fingerprint density at radius 3 is 3.00 bits per heavy atom. The fraction of sp³-hybridized carbons (Fsp3) is 0.438. The van der Waals surface area contributed by atoms with Gasteiger partial charge in [0.1, 0.15) is 0 Å². The molecule has 1 aliphatic heterocycles. The number of fused-ring (bicyclic) bond motifs is 1. The molecule has 0 aromatic carbocycles. The minimum Gasteiger partial charge on any atom is -0.302 e. The van der Waals surface area contributed by atoms with E-state index in [1.54, 1.807) is 11.3 Å². The second-order valence-electron chi connectivity index (χ2n) is 5.79. The molecular formula is C16H21N4OS+. The maximum Gasteiger partial charge on any atom is 0.232 e. The number of pyridine rings is 1. The molecule has 3 rings (SSSR count). The second kappa shape index (κ2) is 6.54. The molecule has 22 heavy (non-hydrogen) atoms. The fourth-order valence-corrected chi connectivity index (χ4v) is 3.57. The summed E-state index contributed by atoms with van der Waals surface area (Å²) < 4.78 is 2.02. The topological polar surface area (TPSA) is 49.1 Å². The van der Waals surface area contributed by atoms with E-state index in [1.807, 2.05) is 29.1 Å². The van der Waals surface area contributed by atoms with E-state index in [4.69, 9.17) is 0 Å². The summed E-state index contributed by atoms with van der Waals surface area (Å²) in [6, 6.07) is 4.09. The van der Waals surface area contributed by atoms with Gasteiger partial charge in [-0.15, -0.1) is 11.3 Å². The van der Waals surface area contributed by atoms with Gasteiger partial charge in [-0.2, -0.15) is 0 Å². The average molecular weight is 317 g/mol. The maximum atomic E-state index is 12.1. The number of hydrogen-bond acceptors (Lipinski definition) is 4. The first-order valence-electron chi connectivity index (χ1n) is 7.53. The van der Waals surface area contributed by atoms with Crippen LogP contribution in [0.1, 0.15) is 22.6 Å². The highest BCUT2D eigenvalue weighted by Gasteiger charge is 2.19. The van der Waals surface area contributed by atoms with E-state index in [1.165, 1.54) is 10.4 Å². The van der Waals surface area contributed by atoms with Crippen molar-refractivity contribution in [1.82, 2.24) is 9.88 Å². The van der Waals surface area contributed by atoms with E-state index >= 15 is 0 Å². The highest BCUT2D eigenvalue weighted by atomic mass is 32.1.